The first kappa shape index (κ1) is 22.4. The first-order valence-electron chi connectivity index (χ1n) is 9.91. The Balaban J connectivity index is 1.75. The lowest BCUT2D eigenvalue weighted by atomic mass is 10.1. The molecule has 0 radical (unpaired) electrons. The summed E-state index contributed by atoms with van der Waals surface area (Å²) in [6.45, 7) is 0.0131. The first-order valence-corrected chi connectivity index (χ1v) is 9.91. The number of fused-ring (bicyclic) bond motifs is 1. The quantitative estimate of drug-likeness (QED) is 0.688. The highest BCUT2D eigenvalue weighted by atomic mass is 19.3. The second kappa shape index (κ2) is 9.22. The fourth-order valence-electron chi connectivity index (χ4n) is 3.57. The molecule has 0 bridgehead atoms. The Kier molecular flexibility index (Phi) is 6.65. The van der Waals surface area contributed by atoms with Crippen LogP contribution in [0.1, 0.15) is 23.2 Å². The molecule has 3 rings (SSSR count). The van der Waals surface area contributed by atoms with Crippen LogP contribution in [-0.2, 0) is 4.79 Å². The number of carbonyl (C=O) groups is 2. The molecule has 1 aromatic carbocycles. The largest absolute Gasteiger partial charge is 0.375 e. The molecule has 1 aromatic heterocycles. The summed E-state index contributed by atoms with van der Waals surface area (Å²) in [6.07, 6.45) is 1.61. The number of anilines is 1. The Morgan fingerprint density at radius 2 is 2.19 bits per heavy atom. The number of rotatable bonds is 7. The van der Waals surface area contributed by atoms with Crippen molar-refractivity contribution in [3.63, 3.8) is 0 Å². The predicted octanol–water partition coefficient (Wildman–Crippen LogP) is 1.51. The van der Waals surface area contributed by atoms with Crippen LogP contribution in [0, 0.1) is 11.3 Å². The molecule has 0 saturated carbocycles. The van der Waals surface area contributed by atoms with Gasteiger partial charge < -0.3 is 20.9 Å². The van der Waals surface area contributed by atoms with Crippen molar-refractivity contribution >= 4 is 28.4 Å². The van der Waals surface area contributed by atoms with Crippen molar-refractivity contribution in [1.29, 1.82) is 5.26 Å². The average molecular weight is 430 g/mol. The summed E-state index contributed by atoms with van der Waals surface area (Å²) in [7, 11) is 1.92. The van der Waals surface area contributed by atoms with Gasteiger partial charge in [0.1, 0.15) is 6.04 Å². The summed E-state index contributed by atoms with van der Waals surface area (Å²) >= 11 is 0. The van der Waals surface area contributed by atoms with Crippen molar-refractivity contribution in [1.82, 2.24) is 15.2 Å². The number of nitriles is 1. The molecule has 2 aromatic rings. The van der Waals surface area contributed by atoms with Gasteiger partial charge in [-0.1, -0.05) is 0 Å². The van der Waals surface area contributed by atoms with Crippen molar-refractivity contribution in [2.24, 2.45) is 5.73 Å². The number of likely N-dealkylation sites (tertiary alicyclic amines) is 1. The molecule has 164 valence electrons. The molecular weight excluding hydrogens is 406 g/mol. The predicted molar refractivity (Wildman–Crippen MR) is 112 cm³/mol. The summed E-state index contributed by atoms with van der Waals surface area (Å²) in [4.78, 5) is 32.2. The number of nitrogens with one attached hydrogen (secondary N) is 1. The number of amides is 2. The molecule has 0 aliphatic carbocycles. The minimum absolute atomic E-state index is 0.315. The van der Waals surface area contributed by atoms with Crippen LogP contribution in [0.5, 0.6) is 0 Å². The Hall–Kier alpha value is -3.32. The fraction of sp³-hybridized carbons (Fsp3) is 0.429. The van der Waals surface area contributed by atoms with E-state index < -0.39 is 43.3 Å². The van der Waals surface area contributed by atoms with Crippen LogP contribution in [0.25, 0.3) is 10.9 Å². The van der Waals surface area contributed by atoms with Crippen molar-refractivity contribution in [3.8, 4) is 6.07 Å². The molecule has 0 unspecified atom stereocenters. The molecule has 8 nitrogen and oxygen atoms in total. The smallest absolute Gasteiger partial charge is 0.268 e. The molecule has 2 heterocycles. The second-order valence-corrected chi connectivity index (χ2v) is 7.53. The third kappa shape index (κ3) is 5.06. The van der Waals surface area contributed by atoms with Gasteiger partial charge in [-0.2, -0.15) is 5.26 Å². The van der Waals surface area contributed by atoms with E-state index in [9.17, 15) is 18.4 Å². The number of carbonyl (C=O) groups excluding carboxylic acids is 2. The number of alkyl halides is 2. The number of hydrogen-bond donors (Lipinski definition) is 2. The van der Waals surface area contributed by atoms with E-state index in [1.807, 2.05) is 24.1 Å². The topological polar surface area (TPSA) is 115 Å². The maximum Gasteiger partial charge on any atom is 0.268 e. The zero-order chi connectivity index (χ0) is 22.6. The first-order chi connectivity index (χ1) is 14.8. The van der Waals surface area contributed by atoms with E-state index in [-0.39, 0.29) is 0 Å². The number of aromatic nitrogens is 1. The van der Waals surface area contributed by atoms with Gasteiger partial charge in [-0.15, -0.1) is 0 Å². The molecule has 1 fully saturated rings. The number of hydrogen-bond acceptors (Lipinski definition) is 6. The minimum atomic E-state index is -3.10. The fourth-order valence-corrected chi connectivity index (χ4v) is 3.57. The normalized spacial score (nSPS) is 17.4. The molecule has 1 aliphatic heterocycles. The molecule has 3 N–H and O–H groups in total. The molecule has 10 heteroatoms. The van der Waals surface area contributed by atoms with E-state index in [1.165, 1.54) is 12.3 Å². The summed E-state index contributed by atoms with van der Waals surface area (Å²) in [5.41, 5.74) is 7.37. The standard InChI is InChI=1S/C21H24F2N6O2/c1-28(8-2-6-24)14-3-4-18-17(9-14)16(5-7-26-18)20(31)27-12-19(30)29-13-21(22,23)10-15(29)11-25/h3-5,7,9,15H,2,6,8,10,12-13,24H2,1H3,(H,27,31)/t15-/m0/s1. The highest BCUT2D eigenvalue weighted by molar-refractivity contribution is 6.07. The lowest BCUT2D eigenvalue weighted by Gasteiger charge is -2.20. The van der Waals surface area contributed by atoms with E-state index >= 15 is 0 Å². The van der Waals surface area contributed by atoms with Crippen LogP contribution >= 0.6 is 0 Å². The van der Waals surface area contributed by atoms with Crippen LogP contribution in [0.2, 0.25) is 0 Å². The van der Waals surface area contributed by atoms with E-state index in [0.717, 1.165) is 23.6 Å². The van der Waals surface area contributed by atoms with Gasteiger partial charge in [-0.25, -0.2) is 8.78 Å². The van der Waals surface area contributed by atoms with Gasteiger partial charge in [0.2, 0.25) is 5.91 Å². The highest BCUT2D eigenvalue weighted by Gasteiger charge is 2.47. The Labute approximate surface area is 178 Å². The number of pyridine rings is 1. The molecule has 31 heavy (non-hydrogen) atoms. The Bertz CT molecular complexity index is 1020. The Morgan fingerprint density at radius 3 is 2.90 bits per heavy atom. The molecular formula is C21H24F2N6O2. The van der Waals surface area contributed by atoms with Crippen LogP contribution in [0.4, 0.5) is 14.5 Å². The average Bonchev–Trinajstić information content (AvgIpc) is 3.09. The van der Waals surface area contributed by atoms with Crippen molar-refractivity contribution in [2.75, 3.05) is 38.1 Å². The zero-order valence-corrected chi connectivity index (χ0v) is 17.1. The molecule has 1 aliphatic rings. The molecule has 1 saturated heterocycles. The lowest BCUT2D eigenvalue weighted by Crippen LogP contribution is -2.43. The Morgan fingerprint density at radius 1 is 1.42 bits per heavy atom. The van der Waals surface area contributed by atoms with Crippen LogP contribution in [-0.4, -0.2) is 66.9 Å². The maximum absolute atomic E-state index is 13.6. The second-order valence-electron chi connectivity index (χ2n) is 7.53. The van der Waals surface area contributed by atoms with Gasteiger partial charge in [0.15, 0.2) is 0 Å². The van der Waals surface area contributed by atoms with Crippen LogP contribution in [0.15, 0.2) is 30.5 Å². The van der Waals surface area contributed by atoms with Crippen molar-refractivity contribution in [3.05, 3.63) is 36.0 Å². The van der Waals surface area contributed by atoms with Gasteiger partial charge in [0.05, 0.1) is 30.2 Å². The van der Waals surface area contributed by atoms with Crippen LogP contribution < -0.4 is 16.0 Å². The van der Waals surface area contributed by atoms with Crippen molar-refractivity contribution < 1.29 is 18.4 Å². The highest BCUT2D eigenvalue weighted by Crippen LogP contribution is 2.31. The summed E-state index contributed by atoms with van der Waals surface area (Å²) in [5, 5.41) is 12.1. The third-order valence-electron chi connectivity index (χ3n) is 5.25. The summed E-state index contributed by atoms with van der Waals surface area (Å²) in [6, 6.07) is 7.58. The van der Waals surface area contributed by atoms with Gasteiger partial charge in [0.25, 0.3) is 11.8 Å². The van der Waals surface area contributed by atoms with Crippen molar-refractivity contribution in [2.45, 2.75) is 24.8 Å². The third-order valence-corrected chi connectivity index (χ3v) is 5.25. The van der Waals surface area contributed by atoms with E-state index in [2.05, 4.69) is 10.3 Å². The van der Waals surface area contributed by atoms with E-state index in [4.69, 9.17) is 11.0 Å². The monoisotopic (exact) mass is 430 g/mol. The summed E-state index contributed by atoms with van der Waals surface area (Å²) in [5.74, 6) is -4.35. The maximum atomic E-state index is 13.6. The van der Waals surface area contributed by atoms with Gasteiger partial charge >= 0.3 is 0 Å². The lowest BCUT2D eigenvalue weighted by molar-refractivity contribution is -0.131. The van der Waals surface area contributed by atoms with E-state index in [0.29, 0.717) is 23.0 Å². The van der Waals surface area contributed by atoms with Crippen LogP contribution in [0.3, 0.4) is 0 Å². The number of nitrogens with zero attached hydrogens (tertiary/aromatic N) is 4. The van der Waals surface area contributed by atoms with Gasteiger partial charge in [-0.3, -0.25) is 14.6 Å². The van der Waals surface area contributed by atoms with Gasteiger partial charge in [0, 0.05) is 37.3 Å². The minimum Gasteiger partial charge on any atom is -0.375 e. The number of benzene rings is 1. The zero-order valence-electron chi connectivity index (χ0n) is 17.1. The number of nitrogens with two attached hydrogens (primary N) is 1. The summed E-state index contributed by atoms with van der Waals surface area (Å²) < 4.78 is 27.1. The number of halogens is 2. The van der Waals surface area contributed by atoms with Gasteiger partial charge in [-0.05, 0) is 37.2 Å². The van der Waals surface area contributed by atoms with E-state index in [1.54, 1.807) is 12.1 Å². The molecule has 1 atom stereocenters. The molecule has 2 amide bonds. The SMILES string of the molecule is CN(CCCN)c1ccc2nccc(C(=O)NCC(=O)N3CC(F)(F)C[C@H]3C#N)c2c1. The molecule has 0 spiro atoms.